The summed E-state index contributed by atoms with van der Waals surface area (Å²) in [7, 11) is 2.62. The first-order chi connectivity index (χ1) is 31.3. The van der Waals surface area contributed by atoms with E-state index < -0.39 is 36.3 Å². The van der Waals surface area contributed by atoms with E-state index in [0.29, 0.717) is 38.5 Å². The summed E-state index contributed by atoms with van der Waals surface area (Å²) < 4.78 is 21.9. The van der Waals surface area contributed by atoms with Crippen molar-refractivity contribution in [2.24, 2.45) is 17.3 Å². The number of imidazole rings is 2. The Morgan fingerprint density at radius 3 is 2.05 bits per heavy atom. The van der Waals surface area contributed by atoms with Crippen LogP contribution in [0.3, 0.4) is 0 Å². The fraction of sp³-hybridized carbons (Fsp3) is 0.571. The van der Waals surface area contributed by atoms with Crippen LogP contribution in [0.25, 0.3) is 33.6 Å². The average Bonchev–Trinajstić information content (AvgIpc) is 4.17. The van der Waals surface area contributed by atoms with E-state index in [0.717, 1.165) is 54.0 Å². The highest BCUT2D eigenvalue weighted by Crippen LogP contribution is 2.53. The Hall–Kier alpha value is -5.29. The Labute approximate surface area is 380 Å². The molecule has 3 amide bonds. The van der Waals surface area contributed by atoms with Crippen LogP contribution in [0.4, 0.5) is 9.59 Å². The number of hydrogen-bond donors (Lipinski definition) is 5. The Kier molecular flexibility index (Phi) is 12.6. The Morgan fingerprint density at radius 1 is 0.785 bits per heavy atom. The molecule has 1 unspecified atom stereocenters. The van der Waals surface area contributed by atoms with E-state index in [4.69, 9.17) is 28.9 Å². The lowest BCUT2D eigenvalue weighted by molar-refractivity contribution is -0.154. The van der Waals surface area contributed by atoms with Crippen molar-refractivity contribution >= 4 is 18.1 Å². The van der Waals surface area contributed by atoms with Crippen LogP contribution in [-0.2, 0) is 36.6 Å². The van der Waals surface area contributed by atoms with Gasteiger partial charge < -0.3 is 49.6 Å². The molecule has 2 aromatic carbocycles. The zero-order valence-corrected chi connectivity index (χ0v) is 38.4. The fourth-order valence-corrected chi connectivity index (χ4v) is 11.3. The van der Waals surface area contributed by atoms with Gasteiger partial charge in [-0.25, -0.2) is 19.6 Å². The van der Waals surface area contributed by atoms with E-state index >= 15 is 0 Å². The van der Waals surface area contributed by atoms with Gasteiger partial charge in [-0.15, -0.1) is 0 Å². The zero-order chi connectivity index (χ0) is 45.6. The van der Waals surface area contributed by atoms with Crippen LogP contribution in [0.2, 0.25) is 0 Å². The highest BCUT2D eigenvalue weighted by Gasteiger charge is 2.53. The van der Waals surface area contributed by atoms with Crippen LogP contribution >= 0.6 is 0 Å². The number of benzene rings is 2. The van der Waals surface area contributed by atoms with Gasteiger partial charge in [0.2, 0.25) is 5.91 Å². The second kappa shape index (κ2) is 18.2. The molecule has 5 heterocycles. The molecule has 348 valence electrons. The van der Waals surface area contributed by atoms with Crippen molar-refractivity contribution in [3.05, 3.63) is 71.6 Å². The lowest BCUT2D eigenvalue weighted by atomic mass is 9.82. The summed E-state index contributed by atoms with van der Waals surface area (Å²) in [4.78, 5) is 59.0. The molecule has 4 fully saturated rings. The van der Waals surface area contributed by atoms with Gasteiger partial charge in [0.15, 0.2) is 5.79 Å². The summed E-state index contributed by atoms with van der Waals surface area (Å²) in [5.74, 6) is 0.248. The van der Waals surface area contributed by atoms with Crippen molar-refractivity contribution in [1.29, 1.82) is 0 Å². The number of ether oxygens (including phenoxy) is 4. The smallest absolute Gasteiger partial charge is 0.407 e. The van der Waals surface area contributed by atoms with Gasteiger partial charge in [-0.3, -0.25) is 9.69 Å². The minimum Gasteiger partial charge on any atom is -0.453 e. The normalized spacial score (nSPS) is 22.5. The molecule has 2 aromatic heterocycles. The molecule has 5 aliphatic rings. The standard InChI is InChI=1S/C49H64N8O8/c1-28(2)40(54-46(60)62-5)44(58)56-19-9-10-38(56)42-51-26-37(53-42)33-16-15-32(34-22-48(23-35(33)34)17-7-8-18-48)30-11-13-31(14-12-30)36-25-50-43(52-36)39-24-49(64-20-21-65-49)27-57(39)45(59)41(29(3)4)55-47(61)63-6/h11-16,25-26,28-29,38-41,45,59H,7-10,17-24,27H2,1-6H3,(H,50,52)(H,51,53)(H,54,60)(H,55,61)/t38-,39-,40-,41-,45?/m0/s1. The molecule has 9 rings (SSSR count). The van der Waals surface area contributed by atoms with E-state index in [1.54, 1.807) is 0 Å². The molecule has 16 heteroatoms. The van der Waals surface area contributed by atoms with Crippen molar-refractivity contribution in [2.75, 3.05) is 40.5 Å². The Balaban J connectivity index is 0.968. The van der Waals surface area contributed by atoms with Gasteiger partial charge in [-0.2, -0.15) is 0 Å². The van der Waals surface area contributed by atoms with Crippen molar-refractivity contribution < 1.29 is 38.4 Å². The number of aromatic nitrogens is 4. The van der Waals surface area contributed by atoms with E-state index in [1.807, 2.05) is 49.9 Å². The first kappa shape index (κ1) is 44.9. The summed E-state index contributed by atoms with van der Waals surface area (Å²) in [5, 5.41) is 17.3. The molecule has 3 saturated heterocycles. The SMILES string of the molecule is COC(=O)N[C@@H](C(C)C)C(O)N1CC2(C[C@H]1c1ncc(-c3ccc(-c4ccc(-c5cnc([C@@H]6CCCN6C(=O)[C@@H](NC(=O)OC)C(C)C)[nH]5)c5c4CC4(CCCC4)C5)cc3)[nH]1)OCCO2. The fourth-order valence-electron chi connectivity index (χ4n) is 11.3. The third-order valence-electron chi connectivity index (χ3n) is 14.7. The number of H-pyrrole nitrogens is 2. The predicted octanol–water partition coefficient (Wildman–Crippen LogP) is 7.03. The number of alkyl carbamates (subject to hydrolysis) is 2. The maximum absolute atomic E-state index is 13.9. The van der Waals surface area contributed by atoms with E-state index in [9.17, 15) is 19.5 Å². The van der Waals surface area contributed by atoms with Gasteiger partial charge in [0.1, 0.15) is 23.9 Å². The molecule has 5 atom stereocenters. The lowest BCUT2D eigenvalue weighted by Crippen LogP contribution is -2.55. The van der Waals surface area contributed by atoms with Gasteiger partial charge in [0, 0.05) is 18.5 Å². The molecule has 1 saturated carbocycles. The maximum atomic E-state index is 13.9. The molecular formula is C49H64N8O8. The first-order valence-electron chi connectivity index (χ1n) is 23.4. The number of methoxy groups -OCH3 is 2. The molecule has 5 N–H and O–H groups in total. The summed E-state index contributed by atoms with van der Waals surface area (Å²) in [5.41, 5.74) is 9.39. The number of hydrogen-bond acceptors (Lipinski definition) is 11. The Morgan fingerprint density at radius 2 is 1.38 bits per heavy atom. The number of aliphatic hydroxyl groups excluding tert-OH is 1. The molecule has 0 radical (unpaired) electrons. The van der Waals surface area contributed by atoms with Crippen LogP contribution < -0.4 is 10.6 Å². The summed E-state index contributed by atoms with van der Waals surface area (Å²) in [6, 6.07) is 11.3. The lowest BCUT2D eigenvalue weighted by Gasteiger charge is -2.35. The molecule has 16 nitrogen and oxygen atoms in total. The van der Waals surface area contributed by atoms with Gasteiger partial charge in [0.05, 0.1) is 75.9 Å². The van der Waals surface area contributed by atoms with Crippen molar-refractivity contribution in [3.8, 4) is 33.6 Å². The number of fused-ring (bicyclic) bond motifs is 1. The molecule has 4 aromatic rings. The van der Waals surface area contributed by atoms with E-state index in [-0.39, 0.29) is 35.2 Å². The van der Waals surface area contributed by atoms with Crippen LogP contribution in [-0.4, -0.2) is 118 Å². The van der Waals surface area contributed by atoms with E-state index in [1.165, 1.54) is 62.2 Å². The molecular weight excluding hydrogens is 829 g/mol. The van der Waals surface area contributed by atoms with Crippen LogP contribution in [0.15, 0.2) is 48.8 Å². The highest BCUT2D eigenvalue weighted by atomic mass is 16.7. The first-order valence-corrected chi connectivity index (χ1v) is 23.4. The topological polar surface area (TPSA) is 196 Å². The second-order valence-electron chi connectivity index (χ2n) is 19.5. The number of rotatable bonds is 12. The van der Waals surface area contributed by atoms with Gasteiger partial charge in [-0.05, 0) is 83.6 Å². The van der Waals surface area contributed by atoms with E-state index in [2.05, 4.69) is 57.0 Å². The van der Waals surface area contributed by atoms with Crippen LogP contribution in [0, 0.1) is 17.3 Å². The number of likely N-dealkylation sites (tertiary alicyclic amines) is 2. The third-order valence-corrected chi connectivity index (χ3v) is 14.7. The quantitative estimate of drug-likeness (QED) is 0.0980. The highest BCUT2D eigenvalue weighted by molar-refractivity contribution is 5.86. The number of carbonyl (C=O) groups is 3. The Bertz CT molecular complexity index is 2360. The number of nitrogens with zero attached hydrogens (tertiary/aromatic N) is 4. The summed E-state index contributed by atoms with van der Waals surface area (Å²) >= 11 is 0. The van der Waals surface area contributed by atoms with Gasteiger partial charge in [-0.1, -0.05) is 76.9 Å². The number of amides is 3. The molecule has 3 aliphatic heterocycles. The second-order valence-corrected chi connectivity index (χ2v) is 19.5. The minimum atomic E-state index is -1.06. The molecule has 2 aliphatic carbocycles. The minimum absolute atomic E-state index is 0.0914. The number of aromatic amines is 2. The molecule has 65 heavy (non-hydrogen) atoms. The largest absolute Gasteiger partial charge is 0.453 e. The zero-order valence-electron chi connectivity index (χ0n) is 38.4. The third kappa shape index (κ3) is 8.65. The summed E-state index contributed by atoms with van der Waals surface area (Å²) in [6.45, 7) is 9.60. The maximum Gasteiger partial charge on any atom is 0.407 e. The van der Waals surface area contributed by atoms with Gasteiger partial charge in [0.25, 0.3) is 0 Å². The molecule has 0 bridgehead atoms. The van der Waals surface area contributed by atoms with Crippen molar-refractivity contribution in [1.82, 2.24) is 40.4 Å². The average molecular weight is 893 g/mol. The number of aliphatic hydroxyl groups is 1. The molecule has 2 spiro atoms. The monoisotopic (exact) mass is 892 g/mol. The van der Waals surface area contributed by atoms with Crippen LogP contribution in [0.5, 0.6) is 0 Å². The van der Waals surface area contributed by atoms with Crippen LogP contribution in [0.1, 0.15) is 108 Å². The number of nitrogens with one attached hydrogen (secondary N) is 4. The van der Waals surface area contributed by atoms with Crippen molar-refractivity contribution in [3.63, 3.8) is 0 Å². The predicted molar refractivity (Wildman–Crippen MR) is 242 cm³/mol. The number of carbonyl (C=O) groups excluding carboxylic acids is 3. The van der Waals surface area contributed by atoms with Gasteiger partial charge >= 0.3 is 12.2 Å². The van der Waals surface area contributed by atoms with Crippen molar-refractivity contribution in [2.45, 2.75) is 122 Å². The summed E-state index contributed by atoms with van der Waals surface area (Å²) in [6.07, 6.45) is 10.6.